The van der Waals surface area contributed by atoms with Crippen LogP contribution in [0.2, 0.25) is 0 Å². The second kappa shape index (κ2) is 9.14. The van der Waals surface area contributed by atoms with E-state index < -0.39 is 0 Å². The van der Waals surface area contributed by atoms with Crippen molar-refractivity contribution in [1.82, 2.24) is 4.57 Å². The van der Waals surface area contributed by atoms with Crippen molar-refractivity contribution in [1.29, 1.82) is 0 Å². The van der Waals surface area contributed by atoms with Crippen LogP contribution in [0.3, 0.4) is 0 Å². The molecule has 0 N–H and O–H groups in total. The average Bonchev–Trinajstić information content (AvgIpc) is 3.36. The van der Waals surface area contributed by atoms with E-state index in [-0.39, 0.29) is 11.2 Å². The number of hydrogen-bond donors (Lipinski definition) is 0. The van der Waals surface area contributed by atoms with Gasteiger partial charge in [-0.1, -0.05) is 118 Å². The fraction of sp³-hybridized carbons (Fsp3) is 0.0976. The molecule has 206 valence electrons. The topological polar surface area (TPSA) is 22.0 Å². The molecule has 0 amide bonds. The van der Waals surface area contributed by atoms with Gasteiger partial charge in [0.25, 0.3) is 0 Å². The van der Waals surface area contributed by atoms with E-state index >= 15 is 0 Å². The first-order valence-electron chi connectivity index (χ1n) is 14.8. The van der Waals surface area contributed by atoms with Crippen molar-refractivity contribution in [2.24, 2.45) is 0 Å². The molecule has 0 saturated carbocycles. The van der Waals surface area contributed by atoms with E-state index in [2.05, 4.69) is 117 Å². The summed E-state index contributed by atoms with van der Waals surface area (Å²) in [4.78, 5) is 13.5. The van der Waals surface area contributed by atoms with E-state index in [1.807, 2.05) is 36.4 Å². The fourth-order valence-electron chi connectivity index (χ4n) is 6.86. The van der Waals surface area contributed by atoms with Crippen molar-refractivity contribution in [3.05, 3.63) is 156 Å². The number of hydrogen-bond acceptors (Lipinski definition) is 1. The Kier molecular flexibility index (Phi) is 5.42. The van der Waals surface area contributed by atoms with Crippen LogP contribution in [-0.4, -0.2) is 10.4 Å². The normalized spacial score (nSPS) is 13.1. The van der Waals surface area contributed by atoms with E-state index in [4.69, 9.17) is 0 Å². The van der Waals surface area contributed by atoms with Gasteiger partial charge in [-0.15, -0.1) is 0 Å². The molecule has 2 heteroatoms. The lowest BCUT2D eigenvalue weighted by molar-refractivity contribution is 0.103. The molecule has 0 saturated heterocycles. The SMILES string of the molecule is C=C1c2ccccc2C(=O)c2cccc(-c3ccc4c(-n5c6ccccc6c6cc(C(C)(C)C)ccc65)cccc4c3)c21. The minimum absolute atomic E-state index is 0.0592. The van der Waals surface area contributed by atoms with Crippen LogP contribution in [0.15, 0.2) is 128 Å². The summed E-state index contributed by atoms with van der Waals surface area (Å²) in [5, 5.41) is 4.87. The molecule has 1 aliphatic rings. The summed E-state index contributed by atoms with van der Waals surface area (Å²) in [5.41, 5.74) is 11.3. The average molecular weight is 554 g/mol. The third kappa shape index (κ3) is 3.76. The lowest BCUT2D eigenvalue weighted by Crippen LogP contribution is -2.14. The number of para-hydroxylation sites is 1. The van der Waals surface area contributed by atoms with Gasteiger partial charge in [-0.3, -0.25) is 4.79 Å². The molecular formula is C41H31NO. The maximum Gasteiger partial charge on any atom is 0.194 e. The third-order valence-electron chi connectivity index (χ3n) is 9.06. The van der Waals surface area contributed by atoms with E-state index in [0.29, 0.717) is 0 Å². The molecule has 7 aromatic rings. The van der Waals surface area contributed by atoms with E-state index in [9.17, 15) is 4.79 Å². The van der Waals surface area contributed by atoms with E-state index in [0.717, 1.165) is 50.0 Å². The molecule has 6 aromatic carbocycles. The van der Waals surface area contributed by atoms with Gasteiger partial charge in [0.1, 0.15) is 0 Å². The Balaban J connectivity index is 1.33. The van der Waals surface area contributed by atoms with Gasteiger partial charge in [0, 0.05) is 32.8 Å². The molecule has 0 bridgehead atoms. The molecule has 1 aliphatic carbocycles. The minimum atomic E-state index is 0.0592. The van der Waals surface area contributed by atoms with Crippen molar-refractivity contribution >= 4 is 43.9 Å². The molecule has 1 aromatic heterocycles. The summed E-state index contributed by atoms with van der Waals surface area (Å²) in [6.45, 7) is 11.3. The first-order chi connectivity index (χ1) is 20.8. The standard InChI is InChI=1S/C41H31NO/c1-25-29-12-5-6-14-33(29)40(43)34-16-10-15-31(39(25)34)27-19-21-30-26(23-27)11-9-18-36(30)42-37-17-8-7-13-32(37)35-24-28(41(2,3)4)20-22-38(35)42/h5-24H,1H2,2-4H3. The Morgan fingerprint density at radius 2 is 1.28 bits per heavy atom. The molecule has 2 nitrogen and oxygen atoms in total. The van der Waals surface area contributed by atoms with Crippen molar-refractivity contribution in [2.75, 3.05) is 0 Å². The number of carbonyl (C=O) groups is 1. The zero-order chi connectivity index (χ0) is 29.5. The van der Waals surface area contributed by atoms with Crippen molar-refractivity contribution in [2.45, 2.75) is 26.2 Å². The number of fused-ring (bicyclic) bond motifs is 6. The predicted octanol–water partition coefficient (Wildman–Crippen LogP) is 10.5. The van der Waals surface area contributed by atoms with E-state index in [1.54, 1.807) is 0 Å². The number of ketones is 1. The van der Waals surface area contributed by atoms with Crippen LogP contribution in [-0.2, 0) is 5.41 Å². The monoisotopic (exact) mass is 553 g/mol. The highest BCUT2D eigenvalue weighted by Crippen LogP contribution is 2.42. The van der Waals surface area contributed by atoms with Crippen LogP contribution in [0.4, 0.5) is 0 Å². The van der Waals surface area contributed by atoms with E-state index in [1.165, 1.54) is 32.8 Å². The van der Waals surface area contributed by atoms with Gasteiger partial charge in [0.2, 0.25) is 0 Å². The number of nitrogens with zero attached hydrogens (tertiary/aromatic N) is 1. The number of aromatic nitrogens is 1. The zero-order valence-corrected chi connectivity index (χ0v) is 24.6. The van der Waals surface area contributed by atoms with Crippen LogP contribution in [0.5, 0.6) is 0 Å². The Morgan fingerprint density at radius 1 is 0.581 bits per heavy atom. The molecule has 0 atom stereocenters. The lowest BCUT2D eigenvalue weighted by atomic mass is 9.78. The summed E-state index contributed by atoms with van der Waals surface area (Å²) in [7, 11) is 0. The quantitative estimate of drug-likeness (QED) is 0.209. The second-order valence-electron chi connectivity index (χ2n) is 12.6. The molecule has 0 aliphatic heterocycles. The molecule has 1 heterocycles. The maximum atomic E-state index is 13.5. The summed E-state index contributed by atoms with van der Waals surface area (Å²) in [6, 6.07) is 42.6. The predicted molar refractivity (Wildman–Crippen MR) is 180 cm³/mol. The largest absolute Gasteiger partial charge is 0.309 e. The zero-order valence-electron chi connectivity index (χ0n) is 24.6. The van der Waals surface area contributed by atoms with Gasteiger partial charge in [-0.2, -0.15) is 0 Å². The van der Waals surface area contributed by atoms with Gasteiger partial charge in [-0.05, 0) is 69.0 Å². The second-order valence-corrected chi connectivity index (χ2v) is 12.6. The summed E-state index contributed by atoms with van der Waals surface area (Å²) in [5.74, 6) is 0.0592. The summed E-state index contributed by atoms with van der Waals surface area (Å²) in [6.07, 6.45) is 0. The smallest absolute Gasteiger partial charge is 0.194 e. The van der Waals surface area contributed by atoms with Gasteiger partial charge < -0.3 is 4.57 Å². The number of benzene rings is 6. The Morgan fingerprint density at radius 3 is 2.12 bits per heavy atom. The van der Waals surface area contributed by atoms with Gasteiger partial charge in [0.05, 0.1) is 16.7 Å². The lowest BCUT2D eigenvalue weighted by Gasteiger charge is -2.23. The first-order valence-corrected chi connectivity index (χ1v) is 14.8. The highest BCUT2D eigenvalue weighted by molar-refractivity contribution is 6.20. The first kappa shape index (κ1) is 25.5. The molecular weight excluding hydrogens is 522 g/mol. The summed E-state index contributed by atoms with van der Waals surface area (Å²) >= 11 is 0. The molecule has 43 heavy (non-hydrogen) atoms. The molecule has 0 unspecified atom stereocenters. The molecule has 0 fully saturated rings. The number of rotatable bonds is 2. The highest BCUT2D eigenvalue weighted by Gasteiger charge is 2.28. The summed E-state index contributed by atoms with van der Waals surface area (Å²) < 4.78 is 2.40. The Labute approximate surface area is 251 Å². The molecule has 0 spiro atoms. The molecule has 0 radical (unpaired) electrons. The third-order valence-corrected chi connectivity index (χ3v) is 9.06. The fourth-order valence-corrected chi connectivity index (χ4v) is 6.86. The van der Waals surface area contributed by atoms with Gasteiger partial charge in [-0.25, -0.2) is 0 Å². The van der Waals surface area contributed by atoms with Crippen molar-refractivity contribution < 1.29 is 4.79 Å². The van der Waals surface area contributed by atoms with Crippen LogP contribution in [0, 0.1) is 0 Å². The number of carbonyl (C=O) groups excluding carboxylic acids is 1. The molecule has 8 rings (SSSR count). The highest BCUT2D eigenvalue weighted by atomic mass is 16.1. The van der Waals surface area contributed by atoms with Crippen LogP contribution in [0.25, 0.3) is 55.0 Å². The van der Waals surface area contributed by atoms with Gasteiger partial charge in [0.15, 0.2) is 5.78 Å². The van der Waals surface area contributed by atoms with Crippen LogP contribution < -0.4 is 0 Å². The minimum Gasteiger partial charge on any atom is -0.309 e. The Bertz CT molecular complexity index is 2310. The maximum absolute atomic E-state index is 13.5. The van der Waals surface area contributed by atoms with Crippen molar-refractivity contribution in [3.63, 3.8) is 0 Å². The van der Waals surface area contributed by atoms with Crippen LogP contribution >= 0.6 is 0 Å². The van der Waals surface area contributed by atoms with Crippen LogP contribution in [0.1, 0.15) is 53.4 Å². The Hall–Kier alpha value is -5.21. The van der Waals surface area contributed by atoms with Crippen molar-refractivity contribution in [3.8, 4) is 16.8 Å². The van der Waals surface area contributed by atoms with Gasteiger partial charge >= 0.3 is 0 Å².